The number of alkyl halides is 3. The Kier molecular flexibility index (Phi) is 2.83. The van der Waals surface area contributed by atoms with Crippen LogP contribution in [0.3, 0.4) is 0 Å². The van der Waals surface area contributed by atoms with E-state index in [0.717, 1.165) is 15.7 Å². The highest BCUT2D eigenvalue weighted by Gasteiger charge is 2.41. The number of aromatic nitrogens is 1. The van der Waals surface area contributed by atoms with E-state index >= 15 is 0 Å². The van der Waals surface area contributed by atoms with Crippen LogP contribution in [0.2, 0.25) is 0 Å². The predicted molar refractivity (Wildman–Crippen MR) is 75.6 cm³/mol. The summed E-state index contributed by atoms with van der Waals surface area (Å²) in [6.07, 6.45) is -4.91. The standard InChI is InChI=1S/C16H12F3NO/c1-9-6-7-12-11(8-9)14-10(2)4-3-5-13(14)20(12)15(21)16(17,18)19/h3-8H,1-2H3. The van der Waals surface area contributed by atoms with Crippen LogP contribution in [-0.2, 0) is 0 Å². The van der Waals surface area contributed by atoms with Crippen LogP contribution >= 0.6 is 0 Å². The Labute approximate surface area is 118 Å². The molecule has 0 saturated carbocycles. The third-order valence-corrected chi connectivity index (χ3v) is 3.60. The summed E-state index contributed by atoms with van der Waals surface area (Å²) in [5.41, 5.74) is 2.35. The average Bonchev–Trinajstić information content (AvgIpc) is 2.71. The second-order valence-corrected chi connectivity index (χ2v) is 5.13. The maximum absolute atomic E-state index is 12.9. The number of rotatable bonds is 0. The van der Waals surface area contributed by atoms with Gasteiger partial charge in [0, 0.05) is 10.8 Å². The van der Waals surface area contributed by atoms with Crippen LogP contribution in [0.4, 0.5) is 13.2 Å². The van der Waals surface area contributed by atoms with E-state index in [1.807, 2.05) is 26.0 Å². The van der Waals surface area contributed by atoms with Gasteiger partial charge in [0.1, 0.15) is 0 Å². The lowest BCUT2D eigenvalue weighted by atomic mass is 10.1. The Morgan fingerprint density at radius 3 is 2.43 bits per heavy atom. The first-order valence-corrected chi connectivity index (χ1v) is 6.42. The van der Waals surface area contributed by atoms with Crippen LogP contribution < -0.4 is 0 Å². The van der Waals surface area contributed by atoms with Gasteiger partial charge in [-0.25, -0.2) is 0 Å². The van der Waals surface area contributed by atoms with E-state index in [2.05, 4.69) is 0 Å². The van der Waals surface area contributed by atoms with Gasteiger partial charge in [-0.05, 0) is 37.6 Å². The van der Waals surface area contributed by atoms with Gasteiger partial charge >= 0.3 is 12.1 Å². The monoisotopic (exact) mass is 291 g/mol. The predicted octanol–water partition coefficient (Wildman–Crippen LogP) is 4.61. The summed E-state index contributed by atoms with van der Waals surface area (Å²) in [5.74, 6) is -1.86. The van der Waals surface area contributed by atoms with Gasteiger partial charge < -0.3 is 0 Å². The minimum Gasteiger partial charge on any atom is -0.272 e. The molecule has 0 saturated heterocycles. The Hall–Kier alpha value is -2.30. The molecule has 2 nitrogen and oxygen atoms in total. The van der Waals surface area contributed by atoms with Crippen molar-refractivity contribution in [2.75, 3.05) is 0 Å². The van der Waals surface area contributed by atoms with Crippen LogP contribution in [0.5, 0.6) is 0 Å². The molecule has 0 atom stereocenters. The topological polar surface area (TPSA) is 22.0 Å². The first-order valence-electron chi connectivity index (χ1n) is 6.42. The first kappa shape index (κ1) is 13.7. The number of halogens is 3. The van der Waals surface area contributed by atoms with Crippen molar-refractivity contribution in [1.29, 1.82) is 0 Å². The van der Waals surface area contributed by atoms with Crippen molar-refractivity contribution >= 4 is 27.7 Å². The highest BCUT2D eigenvalue weighted by molar-refractivity contribution is 6.15. The molecule has 1 heterocycles. The van der Waals surface area contributed by atoms with Crippen molar-refractivity contribution in [2.45, 2.75) is 20.0 Å². The first-order chi connectivity index (χ1) is 9.80. The highest BCUT2D eigenvalue weighted by Crippen LogP contribution is 2.34. The lowest BCUT2D eigenvalue weighted by Gasteiger charge is -2.09. The van der Waals surface area contributed by atoms with E-state index in [9.17, 15) is 18.0 Å². The molecule has 108 valence electrons. The quantitative estimate of drug-likeness (QED) is 0.592. The SMILES string of the molecule is Cc1ccc2c(c1)c1c(C)cccc1n2C(=O)C(F)(F)F. The van der Waals surface area contributed by atoms with E-state index < -0.39 is 12.1 Å². The smallest absolute Gasteiger partial charge is 0.272 e. The molecule has 0 aliphatic heterocycles. The molecule has 3 aromatic rings. The fraction of sp³-hybridized carbons (Fsp3) is 0.188. The van der Waals surface area contributed by atoms with Crippen LogP contribution in [-0.4, -0.2) is 16.7 Å². The molecule has 1 aromatic heterocycles. The van der Waals surface area contributed by atoms with E-state index in [4.69, 9.17) is 0 Å². The number of hydrogen-bond donors (Lipinski definition) is 0. The second kappa shape index (κ2) is 4.35. The molecule has 21 heavy (non-hydrogen) atoms. The molecule has 0 amide bonds. The zero-order valence-corrected chi connectivity index (χ0v) is 11.5. The fourth-order valence-electron chi connectivity index (χ4n) is 2.71. The summed E-state index contributed by atoms with van der Waals surface area (Å²) in [6.45, 7) is 3.69. The molecule has 3 rings (SSSR count). The lowest BCUT2D eigenvalue weighted by molar-refractivity contribution is -0.0939. The molecule has 0 spiro atoms. The summed E-state index contributed by atoms with van der Waals surface area (Å²) in [5, 5.41) is 1.36. The van der Waals surface area contributed by atoms with E-state index in [1.165, 1.54) is 0 Å². The number of benzene rings is 2. The largest absolute Gasteiger partial charge is 0.472 e. The van der Waals surface area contributed by atoms with Crippen molar-refractivity contribution in [2.24, 2.45) is 0 Å². The summed E-state index contributed by atoms with van der Waals surface area (Å²) >= 11 is 0. The Morgan fingerprint density at radius 1 is 1.05 bits per heavy atom. The van der Waals surface area contributed by atoms with Gasteiger partial charge in [-0.2, -0.15) is 13.2 Å². The molecule has 0 bridgehead atoms. The summed E-state index contributed by atoms with van der Waals surface area (Å²) in [6, 6.07) is 10.1. The number of aryl methyl sites for hydroxylation is 2. The molecule has 0 aliphatic rings. The van der Waals surface area contributed by atoms with Gasteiger partial charge in [0.05, 0.1) is 11.0 Å². The van der Waals surface area contributed by atoms with Crippen molar-refractivity contribution < 1.29 is 18.0 Å². The number of carbonyl (C=O) groups excluding carboxylic acids is 1. The van der Waals surface area contributed by atoms with Crippen LogP contribution in [0, 0.1) is 13.8 Å². The molecule has 0 aliphatic carbocycles. The third kappa shape index (κ3) is 2.00. The van der Waals surface area contributed by atoms with E-state index in [-0.39, 0.29) is 11.0 Å². The Balaban J connectivity index is 2.53. The Bertz CT molecular complexity index is 874. The van der Waals surface area contributed by atoms with Crippen molar-refractivity contribution in [3.63, 3.8) is 0 Å². The van der Waals surface area contributed by atoms with E-state index in [0.29, 0.717) is 10.8 Å². The summed E-state index contributed by atoms with van der Waals surface area (Å²) < 4.78 is 39.4. The Morgan fingerprint density at radius 2 is 1.76 bits per heavy atom. The van der Waals surface area contributed by atoms with Gasteiger partial charge in [-0.1, -0.05) is 23.8 Å². The second-order valence-electron chi connectivity index (χ2n) is 5.13. The van der Waals surface area contributed by atoms with Crippen molar-refractivity contribution in [1.82, 2.24) is 4.57 Å². The van der Waals surface area contributed by atoms with Crippen LogP contribution in [0.25, 0.3) is 21.8 Å². The molecule has 0 fully saturated rings. The zero-order chi connectivity index (χ0) is 15.4. The molecular weight excluding hydrogens is 279 g/mol. The van der Waals surface area contributed by atoms with Crippen molar-refractivity contribution in [3.05, 3.63) is 47.5 Å². The molecule has 2 aromatic carbocycles. The van der Waals surface area contributed by atoms with Gasteiger partial charge in [0.15, 0.2) is 0 Å². The molecule has 0 unspecified atom stereocenters. The zero-order valence-electron chi connectivity index (χ0n) is 11.5. The van der Waals surface area contributed by atoms with Gasteiger partial charge in [-0.3, -0.25) is 9.36 Å². The molecular formula is C16H12F3NO. The minimum atomic E-state index is -4.91. The number of nitrogens with zero attached hydrogens (tertiary/aromatic N) is 1. The average molecular weight is 291 g/mol. The normalized spacial score (nSPS) is 12.2. The highest BCUT2D eigenvalue weighted by atomic mass is 19.4. The fourth-order valence-corrected chi connectivity index (χ4v) is 2.71. The number of hydrogen-bond acceptors (Lipinski definition) is 1. The molecule has 0 N–H and O–H groups in total. The maximum atomic E-state index is 12.9. The van der Waals surface area contributed by atoms with Gasteiger partial charge in [0.25, 0.3) is 0 Å². The van der Waals surface area contributed by atoms with Crippen molar-refractivity contribution in [3.8, 4) is 0 Å². The third-order valence-electron chi connectivity index (χ3n) is 3.60. The van der Waals surface area contributed by atoms with Crippen LogP contribution in [0.1, 0.15) is 15.9 Å². The molecule has 5 heteroatoms. The van der Waals surface area contributed by atoms with Gasteiger partial charge in [-0.15, -0.1) is 0 Å². The maximum Gasteiger partial charge on any atom is 0.472 e. The molecule has 0 radical (unpaired) electrons. The van der Waals surface area contributed by atoms with E-state index in [1.54, 1.807) is 24.3 Å². The summed E-state index contributed by atoms with van der Waals surface area (Å²) in [7, 11) is 0. The number of carbonyl (C=O) groups is 1. The minimum absolute atomic E-state index is 0.284. The lowest BCUT2D eigenvalue weighted by Crippen LogP contribution is -2.28. The number of fused-ring (bicyclic) bond motifs is 3. The van der Waals surface area contributed by atoms with Gasteiger partial charge in [0.2, 0.25) is 0 Å². The summed E-state index contributed by atoms with van der Waals surface area (Å²) in [4.78, 5) is 11.8. The van der Waals surface area contributed by atoms with Crippen LogP contribution in [0.15, 0.2) is 36.4 Å².